The molecule has 3 nitrogen and oxygen atoms in total. The Balaban J connectivity index is 2.28. The third-order valence-corrected chi connectivity index (χ3v) is 1.69. The van der Waals surface area contributed by atoms with Gasteiger partial charge in [0.1, 0.15) is 5.75 Å². The van der Waals surface area contributed by atoms with Crippen molar-refractivity contribution in [1.29, 1.82) is 0 Å². The Morgan fingerprint density at radius 1 is 1.42 bits per heavy atom. The Hall–Kier alpha value is -1.35. The first-order chi connectivity index (χ1) is 5.90. The van der Waals surface area contributed by atoms with Crippen molar-refractivity contribution in [3.63, 3.8) is 0 Å². The van der Waals surface area contributed by atoms with Gasteiger partial charge in [-0.15, -0.1) is 0 Å². The highest BCUT2D eigenvalue weighted by Gasteiger charge is 2.18. The lowest BCUT2D eigenvalue weighted by atomic mass is 10.2. The molecule has 0 aromatic heterocycles. The average Bonchev–Trinajstić information content (AvgIpc) is 2.17. The molecule has 0 amide bonds. The fraction of sp³-hybridized carbons (Fsp3) is 0.222. The minimum atomic E-state index is -0.861. The molecule has 1 radical (unpaired) electrons. The Labute approximate surface area is 69.9 Å². The summed E-state index contributed by atoms with van der Waals surface area (Å²) >= 11 is 0. The van der Waals surface area contributed by atoms with E-state index in [4.69, 9.17) is 9.47 Å². The molecule has 0 N–H and O–H groups in total. The van der Waals surface area contributed by atoms with E-state index in [0.29, 0.717) is 12.4 Å². The van der Waals surface area contributed by atoms with E-state index in [0.717, 1.165) is 5.56 Å². The quantitative estimate of drug-likeness (QED) is 0.620. The van der Waals surface area contributed by atoms with Crippen molar-refractivity contribution < 1.29 is 14.3 Å². The molecule has 61 valence electrons. The largest absolute Gasteiger partial charge is 0.456 e. The highest BCUT2D eigenvalue weighted by Crippen LogP contribution is 2.24. The molecule has 1 aromatic carbocycles. The van der Waals surface area contributed by atoms with Gasteiger partial charge in [0.25, 0.3) is 12.6 Å². The molecule has 1 aromatic rings. The Morgan fingerprint density at radius 3 is 3.08 bits per heavy atom. The average molecular weight is 163 g/mol. The number of fused-ring (bicyclic) bond motifs is 1. The molecule has 0 saturated carbocycles. The highest BCUT2D eigenvalue weighted by molar-refractivity contribution is 5.56. The van der Waals surface area contributed by atoms with Gasteiger partial charge in [0.15, 0.2) is 0 Å². The highest BCUT2D eigenvalue weighted by atomic mass is 16.7. The topological polar surface area (TPSA) is 35.5 Å². The van der Waals surface area contributed by atoms with Crippen molar-refractivity contribution in [3.8, 4) is 5.75 Å². The van der Waals surface area contributed by atoms with Crippen molar-refractivity contribution in [2.24, 2.45) is 0 Å². The fourth-order valence-corrected chi connectivity index (χ4v) is 1.11. The Bertz CT molecular complexity index is 296. The number of benzene rings is 1. The standard InChI is InChI=1S/C9H7O3/c10-5-9-11-6-7-3-1-2-4-8(7)12-9/h1-4,9H,6H2. The van der Waals surface area contributed by atoms with Gasteiger partial charge in [-0.3, -0.25) is 4.79 Å². The van der Waals surface area contributed by atoms with Gasteiger partial charge in [-0.1, -0.05) is 18.2 Å². The number of hydrogen-bond donors (Lipinski definition) is 0. The van der Waals surface area contributed by atoms with Gasteiger partial charge >= 0.3 is 0 Å². The van der Waals surface area contributed by atoms with Crippen LogP contribution in [0.4, 0.5) is 0 Å². The first kappa shape index (κ1) is 7.31. The summed E-state index contributed by atoms with van der Waals surface area (Å²) in [6.45, 7) is 0.413. The molecule has 12 heavy (non-hydrogen) atoms. The van der Waals surface area contributed by atoms with E-state index in [1.807, 2.05) is 24.3 Å². The molecule has 1 atom stereocenters. The third kappa shape index (κ3) is 1.19. The molecule has 0 fully saturated rings. The SMILES string of the molecule is O=[C]C1OCc2ccccc2O1. The van der Waals surface area contributed by atoms with Crippen LogP contribution in [0.1, 0.15) is 5.56 Å². The molecule has 0 aliphatic carbocycles. The van der Waals surface area contributed by atoms with E-state index in [1.54, 1.807) is 6.29 Å². The Morgan fingerprint density at radius 2 is 2.25 bits per heavy atom. The predicted molar refractivity (Wildman–Crippen MR) is 41.3 cm³/mol. The molecule has 0 saturated heterocycles. The molecule has 1 unspecified atom stereocenters. The van der Waals surface area contributed by atoms with E-state index >= 15 is 0 Å². The van der Waals surface area contributed by atoms with Crippen LogP contribution in [0.5, 0.6) is 5.75 Å². The first-order valence-corrected chi connectivity index (χ1v) is 3.64. The number of hydrogen-bond acceptors (Lipinski definition) is 3. The van der Waals surface area contributed by atoms with Crippen LogP contribution in [-0.2, 0) is 16.1 Å². The van der Waals surface area contributed by atoms with Gasteiger partial charge in [0.2, 0.25) is 0 Å². The van der Waals surface area contributed by atoms with Gasteiger partial charge < -0.3 is 9.47 Å². The lowest BCUT2D eigenvalue weighted by Crippen LogP contribution is -2.26. The predicted octanol–water partition coefficient (Wildman–Crippen LogP) is 1.03. The molecular formula is C9H7O3. The molecule has 2 rings (SSSR count). The van der Waals surface area contributed by atoms with E-state index in [1.165, 1.54) is 0 Å². The van der Waals surface area contributed by atoms with Crippen LogP contribution in [0.2, 0.25) is 0 Å². The van der Waals surface area contributed by atoms with E-state index < -0.39 is 6.29 Å². The van der Waals surface area contributed by atoms with Crippen LogP contribution in [0.25, 0.3) is 0 Å². The van der Waals surface area contributed by atoms with Gasteiger partial charge in [-0.2, -0.15) is 0 Å². The maximum atomic E-state index is 10.2. The van der Waals surface area contributed by atoms with Crippen LogP contribution >= 0.6 is 0 Å². The monoisotopic (exact) mass is 163 g/mol. The van der Waals surface area contributed by atoms with Gasteiger partial charge in [0.05, 0.1) is 6.61 Å². The minimum Gasteiger partial charge on any atom is -0.456 e. The number of carbonyl (C=O) groups excluding carboxylic acids is 1. The second-order valence-electron chi connectivity index (χ2n) is 2.49. The van der Waals surface area contributed by atoms with Gasteiger partial charge in [-0.25, -0.2) is 0 Å². The molecule has 1 heterocycles. The summed E-state index contributed by atoms with van der Waals surface area (Å²) in [5, 5.41) is 0. The second kappa shape index (κ2) is 2.95. The second-order valence-corrected chi connectivity index (χ2v) is 2.49. The van der Waals surface area contributed by atoms with E-state index in [2.05, 4.69) is 0 Å². The lowest BCUT2D eigenvalue weighted by molar-refractivity contribution is -0.0621. The molecule has 0 spiro atoms. The van der Waals surface area contributed by atoms with Crippen molar-refractivity contribution in [2.45, 2.75) is 12.9 Å². The molecular weight excluding hydrogens is 156 g/mol. The Kier molecular flexibility index (Phi) is 1.80. The molecule has 1 aliphatic heterocycles. The lowest BCUT2D eigenvalue weighted by Gasteiger charge is -2.21. The molecule has 3 heteroatoms. The van der Waals surface area contributed by atoms with Crippen LogP contribution in [-0.4, -0.2) is 12.6 Å². The van der Waals surface area contributed by atoms with Crippen molar-refractivity contribution >= 4 is 6.29 Å². The third-order valence-electron chi connectivity index (χ3n) is 1.69. The maximum Gasteiger partial charge on any atom is 0.273 e. The minimum absolute atomic E-state index is 0.413. The van der Waals surface area contributed by atoms with Crippen LogP contribution < -0.4 is 4.74 Å². The van der Waals surface area contributed by atoms with Crippen molar-refractivity contribution in [2.75, 3.05) is 0 Å². The summed E-state index contributed by atoms with van der Waals surface area (Å²) in [5.74, 6) is 0.706. The summed E-state index contributed by atoms with van der Waals surface area (Å²) < 4.78 is 10.1. The van der Waals surface area contributed by atoms with Crippen LogP contribution in [0.15, 0.2) is 24.3 Å². The zero-order valence-corrected chi connectivity index (χ0v) is 6.32. The van der Waals surface area contributed by atoms with Gasteiger partial charge in [0, 0.05) is 5.56 Å². The summed E-state index contributed by atoms with van der Waals surface area (Å²) in [7, 11) is 0. The zero-order valence-electron chi connectivity index (χ0n) is 6.32. The summed E-state index contributed by atoms with van der Waals surface area (Å²) in [5.41, 5.74) is 0.962. The number of ether oxygens (including phenoxy) is 2. The molecule has 1 aliphatic rings. The number of rotatable bonds is 1. The van der Waals surface area contributed by atoms with Crippen molar-refractivity contribution in [3.05, 3.63) is 29.8 Å². The zero-order chi connectivity index (χ0) is 8.39. The smallest absolute Gasteiger partial charge is 0.273 e. The summed E-state index contributed by atoms with van der Waals surface area (Å²) in [6.07, 6.45) is 0.789. The van der Waals surface area contributed by atoms with Crippen LogP contribution in [0, 0.1) is 0 Å². The van der Waals surface area contributed by atoms with Crippen molar-refractivity contribution in [1.82, 2.24) is 0 Å². The first-order valence-electron chi connectivity index (χ1n) is 3.64. The fourth-order valence-electron chi connectivity index (χ4n) is 1.11. The number of para-hydroxylation sites is 1. The summed E-state index contributed by atoms with van der Waals surface area (Å²) in [4.78, 5) is 10.2. The van der Waals surface area contributed by atoms with Crippen LogP contribution in [0.3, 0.4) is 0 Å². The van der Waals surface area contributed by atoms with E-state index in [-0.39, 0.29) is 0 Å². The van der Waals surface area contributed by atoms with Gasteiger partial charge in [-0.05, 0) is 6.07 Å². The normalized spacial score (nSPS) is 20.8. The molecule has 0 bridgehead atoms. The van der Waals surface area contributed by atoms with E-state index in [9.17, 15) is 4.79 Å². The summed E-state index contributed by atoms with van der Waals surface area (Å²) in [6, 6.07) is 7.46. The maximum absolute atomic E-state index is 10.2.